The van der Waals surface area contributed by atoms with Gasteiger partial charge in [0.15, 0.2) is 11.5 Å². The van der Waals surface area contributed by atoms with Gasteiger partial charge in [0, 0.05) is 12.5 Å². The highest BCUT2D eigenvalue weighted by Crippen LogP contribution is 2.34. The van der Waals surface area contributed by atoms with E-state index in [2.05, 4.69) is 5.32 Å². The van der Waals surface area contributed by atoms with Crippen molar-refractivity contribution in [1.82, 2.24) is 5.32 Å². The molecule has 1 aliphatic heterocycles. The van der Waals surface area contributed by atoms with Crippen LogP contribution in [0.15, 0.2) is 18.2 Å². The van der Waals surface area contributed by atoms with E-state index in [1.807, 2.05) is 32.0 Å². The molecule has 0 saturated heterocycles. The maximum atomic E-state index is 12.0. The molecule has 0 radical (unpaired) electrons. The van der Waals surface area contributed by atoms with Crippen LogP contribution in [0, 0.1) is 5.92 Å². The van der Waals surface area contributed by atoms with Crippen molar-refractivity contribution in [3.63, 3.8) is 0 Å². The third kappa shape index (κ3) is 2.98. The van der Waals surface area contributed by atoms with E-state index in [0.29, 0.717) is 6.54 Å². The lowest BCUT2D eigenvalue weighted by atomic mass is 10.0. The van der Waals surface area contributed by atoms with Crippen LogP contribution in [-0.2, 0) is 4.79 Å². The highest BCUT2D eigenvalue weighted by atomic mass is 16.7. The second-order valence-electron chi connectivity index (χ2n) is 4.68. The van der Waals surface area contributed by atoms with Crippen LogP contribution in [0.4, 0.5) is 0 Å². The highest BCUT2D eigenvalue weighted by Gasteiger charge is 2.19. The average Bonchev–Trinajstić information content (AvgIpc) is 2.87. The fourth-order valence-electron chi connectivity index (χ4n) is 2.06. The third-order valence-corrected chi connectivity index (χ3v) is 3.40. The molecule has 0 aromatic heterocycles. The van der Waals surface area contributed by atoms with E-state index in [4.69, 9.17) is 15.2 Å². The molecule has 1 aliphatic rings. The molecule has 3 N–H and O–H groups in total. The maximum Gasteiger partial charge on any atom is 0.231 e. The van der Waals surface area contributed by atoms with Crippen LogP contribution in [0.25, 0.3) is 0 Å². The van der Waals surface area contributed by atoms with E-state index in [0.717, 1.165) is 23.5 Å². The maximum absolute atomic E-state index is 12.0. The predicted molar refractivity (Wildman–Crippen MR) is 72.0 cm³/mol. The van der Waals surface area contributed by atoms with Crippen LogP contribution in [0.5, 0.6) is 11.5 Å². The summed E-state index contributed by atoms with van der Waals surface area (Å²) in [5.74, 6) is 1.34. The van der Waals surface area contributed by atoms with Gasteiger partial charge in [-0.3, -0.25) is 4.79 Å². The molecule has 2 rings (SSSR count). The Morgan fingerprint density at radius 3 is 2.84 bits per heavy atom. The summed E-state index contributed by atoms with van der Waals surface area (Å²) in [7, 11) is 0. The molecule has 19 heavy (non-hydrogen) atoms. The second kappa shape index (κ2) is 5.93. The van der Waals surface area contributed by atoms with Gasteiger partial charge in [-0.2, -0.15) is 0 Å². The van der Waals surface area contributed by atoms with E-state index < -0.39 is 0 Å². The molecule has 1 aromatic carbocycles. The molecule has 0 fully saturated rings. The Bertz CT molecular complexity index is 458. The van der Waals surface area contributed by atoms with Gasteiger partial charge in [-0.25, -0.2) is 0 Å². The van der Waals surface area contributed by atoms with Crippen molar-refractivity contribution in [3.05, 3.63) is 23.8 Å². The number of nitrogens with two attached hydrogens (primary N) is 1. The minimum atomic E-state index is -0.128. The molecule has 0 saturated carbocycles. The van der Waals surface area contributed by atoms with E-state index in [1.165, 1.54) is 0 Å². The Hall–Kier alpha value is -1.75. The van der Waals surface area contributed by atoms with E-state index in [-0.39, 0.29) is 24.7 Å². The predicted octanol–water partition coefficient (Wildman–Crippen LogP) is 1.58. The molecule has 104 valence electrons. The van der Waals surface area contributed by atoms with Crippen molar-refractivity contribution < 1.29 is 14.3 Å². The van der Waals surface area contributed by atoms with E-state index in [9.17, 15) is 4.79 Å². The summed E-state index contributed by atoms with van der Waals surface area (Å²) in [6, 6.07) is 5.61. The van der Waals surface area contributed by atoms with Gasteiger partial charge in [0.05, 0.1) is 6.04 Å². The van der Waals surface area contributed by atoms with Gasteiger partial charge in [-0.1, -0.05) is 13.0 Å². The summed E-state index contributed by atoms with van der Waals surface area (Å²) < 4.78 is 10.6. The third-order valence-electron chi connectivity index (χ3n) is 3.40. The van der Waals surface area contributed by atoms with Crippen molar-refractivity contribution in [2.75, 3.05) is 13.3 Å². The van der Waals surface area contributed by atoms with Crippen molar-refractivity contribution in [2.45, 2.75) is 26.3 Å². The molecule has 1 amide bonds. The summed E-state index contributed by atoms with van der Waals surface area (Å²) in [6.07, 6.45) is 0.746. The van der Waals surface area contributed by atoms with E-state index in [1.54, 1.807) is 0 Å². The number of nitrogens with one attached hydrogen (secondary N) is 1. The first-order valence-corrected chi connectivity index (χ1v) is 6.55. The van der Waals surface area contributed by atoms with Gasteiger partial charge >= 0.3 is 0 Å². The standard InChI is InChI=1S/C14H20N2O3/c1-3-10(7-15)14(17)16-9(2)11-4-5-12-13(6-11)19-8-18-12/h4-6,9-10H,3,7-8,15H2,1-2H3,(H,16,17). The first-order chi connectivity index (χ1) is 9.15. The van der Waals surface area contributed by atoms with Gasteiger partial charge in [0.2, 0.25) is 12.7 Å². The van der Waals surface area contributed by atoms with Crippen LogP contribution < -0.4 is 20.5 Å². The fourth-order valence-corrected chi connectivity index (χ4v) is 2.06. The molecule has 2 atom stereocenters. The number of amides is 1. The minimum Gasteiger partial charge on any atom is -0.454 e. The van der Waals surface area contributed by atoms with Crippen LogP contribution in [-0.4, -0.2) is 19.2 Å². The molecule has 0 aliphatic carbocycles. The lowest BCUT2D eigenvalue weighted by Crippen LogP contribution is -2.36. The Kier molecular flexibility index (Phi) is 4.27. The monoisotopic (exact) mass is 264 g/mol. The van der Waals surface area contributed by atoms with Gasteiger partial charge in [0.25, 0.3) is 0 Å². The Balaban J connectivity index is 2.03. The first kappa shape index (κ1) is 13.7. The molecular formula is C14H20N2O3. The molecule has 1 heterocycles. The van der Waals surface area contributed by atoms with E-state index >= 15 is 0 Å². The molecule has 0 spiro atoms. The van der Waals surface area contributed by atoms with Gasteiger partial charge in [0.1, 0.15) is 0 Å². The zero-order valence-electron chi connectivity index (χ0n) is 11.3. The van der Waals surface area contributed by atoms with Gasteiger partial charge in [-0.15, -0.1) is 0 Å². The van der Waals surface area contributed by atoms with Crippen molar-refractivity contribution in [2.24, 2.45) is 11.7 Å². The fraction of sp³-hybridized carbons (Fsp3) is 0.500. The molecular weight excluding hydrogens is 244 g/mol. The average molecular weight is 264 g/mol. The molecule has 5 heteroatoms. The Morgan fingerprint density at radius 1 is 1.42 bits per heavy atom. The second-order valence-corrected chi connectivity index (χ2v) is 4.68. The normalized spacial score (nSPS) is 15.9. The number of ether oxygens (including phenoxy) is 2. The lowest BCUT2D eigenvalue weighted by molar-refractivity contribution is -0.125. The largest absolute Gasteiger partial charge is 0.454 e. The zero-order valence-corrected chi connectivity index (χ0v) is 11.3. The first-order valence-electron chi connectivity index (χ1n) is 6.55. The highest BCUT2D eigenvalue weighted by molar-refractivity contribution is 5.79. The Morgan fingerprint density at radius 2 is 2.16 bits per heavy atom. The zero-order chi connectivity index (χ0) is 13.8. The smallest absolute Gasteiger partial charge is 0.231 e. The number of fused-ring (bicyclic) bond motifs is 1. The minimum absolute atomic E-state index is 0.00448. The van der Waals surface area contributed by atoms with Crippen molar-refractivity contribution >= 4 is 5.91 Å². The molecule has 0 bridgehead atoms. The van der Waals surface area contributed by atoms with Crippen LogP contribution in [0.3, 0.4) is 0 Å². The summed E-state index contributed by atoms with van der Waals surface area (Å²) in [4.78, 5) is 12.0. The lowest BCUT2D eigenvalue weighted by Gasteiger charge is -2.18. The van der Waals surface area contributed by atoms with Crippen molar-refractivity contribution in [3.8, 4) is 11.5 Å². The summed E-state index contributed by atoms with van der Waals surface area (Å²) in [5, 5.41) is 2.97. The summed E-state index contributed by atoms with van der Waals surface area (Å²) >= 11 is 0. The molecule has 5 nitrogen and oxygen atoms in total. The van der Waals surface area contributed by atoms with Crippen LogP contribution in [0.1, 0.15) is 31.9 Å². The van der Waals surface area contributed by atoms with Crippen LogP contribution >= 0.6 is 0 Å². The van der Waals surface area contributed by atoms with Gasteiger partial charge in [-0.05, 0) is 31.0 Å². The molecule has 2 unspecified atom stereocenters. The SMILES string of the molecule is CCC(CN)C(=O)NC(C)c1ccc2c(c1)OCO2. The van der Waals surface area contributed by atoms with Crippen LogP contribution in [0.2, 0.25) is 0 Å². The topological polar surface area (TPSA) is 73.6 Å². The number of hydrogen-bond donors (Lipinski definition) is 2. The number of benzene rings is 1. The van der Waals surface area contributed by atoms with Crippen molar-refractivity contribution in [1.29, 1.82) is 0 Å². The summed E-state index contributed by atoms with van der Waals surface area (Å²) in [6.45, 7) is 4.53. The Labute approximate surface area is 113 Å². The number of rotatable bonds is 5. The molecule has 1 aromatic rings. The number of carbonyl (C=O) groups is 1. The number of carbonyl (C=O) groups excluding carboxylic acids is 1. The number of hydrogen-bond acceptors (Lipinski definition) is 4. The summed E-state index contributed by atoms with van der Waals surface area (Å²) in [5.41, 5.74) is 6.57. The quantitative estimate of drug-likeness (QED) is 0.846. The van der Waals surface area contributed by atoms with Gasteiger partial charge < -0.3 is 20.5 Å².